The lowest BCUT2D eigenvalue weighted by atomic mass is 10.0. The average Bonchev–Trinajstić information content (AvgIpc) is 3.18. The van der Waals surface area contributed by atoms with Gasteiger partial charge in [0.1, 0.15) is 11.8 Å². The number of carbonyl (C=O) groups excluding carboxylic acids is 2. The van der Waals surface area contributed by atoms with Crippen LogP contribution in [-0.4, -0.2) is 34.6 Å². The van der Waals surface area contributed by atoms with E-state index >= 15 is 0 Å². The van der Waals surface area contributed by atoms with Crippen molar-refractivity contribution in [2.24, 2.45) is 5.92 Å². The summed E-state index contributed by atoms with van der Waals surface area (Å²) in [6, 6.07) is 13.2. The van der Waals surface area contributed by atoms with E-state index in [0.717, 1.165) is 0 Å². The van der Waals surface area contributed by atoms with Crippen molar-refractivity contribution >= 4 is 17.5 Å². The lowest BCUT2D eigenvalue weighted by molar-refractivity contribution is -0.118. The maximum absolute atomic E-state index is 13.0. The first-order valence-corrected chi connectivity index (χ1v) is 10.1. The van der Waals surface area contributed by atoms with E-state index in [0.29, 0.717) is 40.9 Å². The number of nitrogens with one attached hydrogen (secondary N) is 2. The molecule has 3 aromatic rings. The predicted octanol–water partition coefficient (Wildman–Crippen LogP) is 3.84. The third-order valence-corrected chi connectivity index (χ3v) is 4.62. The minimum Gasteiger partial charge on any atom is -0.494 e. The van der Waals surface area contributed by atoms with Gasteiger partial charge in [-0.3, -0.25) is 9.59 Å². The van der Waals surface area contributed by atoms with Gasteiger partial charge >= 0.3 is 0 Å². The summed E-state index contributed by atoms with van der Waals surface area (Å²) >= 11 is 0. The lowest BCUT2D eigenvalue weighted by Crippen LogP contribution is -2.47. The Balaban J connectivity index is 1.75. The van der Waals surface area contributed by atoms with Crippen LogP contribution in [0.1, 0.15) is 37.0 Å². The summed E-state index contributed by atoms with van der Waals surface area (Å²) in [6.07, 6.45) is 0. The van der Waals surface area contributed by atoms with Gasteiger partial charge in [-0.1, -0.05) is 31.1 Å². The number of aryl methyl sites for hydroxylation is 1. The van der Waals surface area contributed by atoms with Crippen molar-refractivity contribution in [2.45, 2.75) is 33.7 Å². The highest BCUT2D eigenvalue weighted by Crippen LogP contribution is 2.26. The zero-order valence-corrected chi connectivity index (χ0v) is 18.0. The van der Waals surface area contributed by atoms with Gasteiger partial charge in [-0.2, -0.15) is 4.98 Å². The Hall–Kier alpha value is -3.68. The number of ether oxygens (including phenoxy) is 1. The maximum Gasteiger partial charge on any atom is 0.251 e. The highest BCUT2D eigenvalue weighted by molar-refractivity contribution is 6.02. The van der Waals surface area contributed by atoms with E-state index in [9.17, 15) is 9.59 Å². The van der Waals surface area contributed by atoms with Gasteiger partial charge < -0.3 is 19.9 Å². The molecule has 1 unspecified atom stereocenters. The number of amides is 2. The van der Waals surface area contributed by atoms with Gasteiger partial charge in [-0.05, 0) is 49.2 Å². The normalized spacial score (nSPS) is 11.8. The molecule has 162 valence electrons. The molecular weight excluding hydrogens is 396 g/mol. The van der Waals surface area contributed by atoms with Crippen molar-refractivity contribution in [1.82, 2.24) is 15.5 Å². The molecule has 3 rings (SSSR count). The minimum atomic E-state index is -0.737. The van der Waals surface area contributed by atoms with Crippen LogP contribution in [0.25, 0.3) is 11.4 Å². The van der Waals surface area contributed by atoms with E-state index in [2.05, 4.69) is 20.8 Å². The zero-order valence-electron chi connectivity index (χ0n) is 18.0. The molecule has 0 saturated heterocycles. The molecule has 8 nitrogen and oxygen atoms in total. The molecule has 8 heteroatoms. The minimum absolute atomic E-state index is 0.133. The molecule has 0 bridgehead atoms. The largest absolute Gasteiger partial charge is 0.494 e. The summed E-state index contributed by atoms with van der Waals surface area (Å²) in [5.41, 5.74) is 1.62. The molecule has 0 radical (unpaired) electrons. The first-order chi connectivity index (χ1) is 14.9. The molecule has 2 N–H and O–H groups in total. The monoisotopic (exact) mass is 422 g/mol. The number of para-hydroxylation sites is 1. The third-order valence-electron chi connectivity index (χ3n) is 4.62. The number of aromatic nitrogens is 2. The van der Waals surface area contributed by atoms with Crippen LogP contribution < -0.4 is 15.4 Å². The average molecular weight is 422 g/mol. The van der Waals surface area contributed by atoms with Crippen molar-refractivity contribution in [3.05, 3.63) is 60.0 Å². The first kappa shape index (κ1) is 22.0. The molecule has 0 aliphatic carbocycles. The van der Waals surface area contributed by atoms with E-state index in [1.807, 2.05) is 26.8 Å². The van der Waals surface area contributed by atoms with Gasteiger partial charge in [0.15, 0.2) is 0 Å². The highest BCUT2D eigenvalue weighted by atomic mass is 16.5. The molecule has 1 heterocycles. The van der Waals surface area contributed by atoms with E-state index < -0.39 is 6.04 Å². The molecule has 0 aliphatic heterocycles. The Kier molecular flexibility index (Phi) is 7.02. The second kappa shape index (κ2) is 9.88. The molecule has 0 aliphatic rings. The fourth-order valence-electron chi connectivity index (χ4n) is 3.03. The molecule has 0 fully saturated rings. The van der Waals surface area contributed by atoms with Crippen molar-refractivity contribution in [1.29, 1.82) is 0 Å². The number of benzene rings is 2. The Morgan fingerprint density at radius 3 is 2.42 bits per heavy atom. The van der Waals surface area contributed by atoms with E-state index in [1.165, 1.54) is 0 Å². The topological polar surface area (TPSA) is 106 Å². The molecule has 0 saturated carbocycles. The molecule has 31 heavy (non-hydrogen) atoms. The fraction of sp³-hybridized carbons (Fsp3) is 0.304. The van der Waals surface area contributed by atoms with Crippen molar-refractivity contribution in [3.63, 3.8) is 0 Å². The van der Waals surface area contributed by atoms with E-state index in [1.54, 1.807) is 49.4 Å². The van der Waals surface area contributed by atoms with Gasteiger partial charge in [0.05, 0.1) is 12.3 Å². The Morgan fingerprint density at radius 2 is 1.81 bits per heavy atom. The summed E-state index contributed by atoms with van der Waals surface area (Å²) in [5.74, 6) is 0.699. The van der Waals surface area contributed by atoms with Crippen LogP contribution in [0.2, 0.25) is 0 Å². The van der Waals surface area contributed by atoms with Crippen LogP contribution in [0.15, 0.2) is 53.1 Å². The molecular formula is C23H26N4O4. The standard InChI is InChI=1S/C23H26N4O4/c1-5-30-17-12-10-16(11-13-17)22(28)26-20(14(2)3)23(29)25-19-9-7-6-8-18(19)21-24-15(4)31-27-21/h6-14,20H,5H2,1-4H3,(H,25,29)(H,26,28). The number of hydrogen-bond donors (Lipinski definition) is 2. The molecule has 2 aromatic carbocycles. The SMILES string of the molecule is CCOc1ccc(C(=O)NC(C(=O)Nc2ccccc2-c2noc(C)n2)C(C)C)cc1. The third kappa shape index (κ3) is 5.48. The number of nitrogens with zero attached hydrogens (tertiary/aromatic N) is 2. The van der Waals surface area contributed by atoms with Gasteiger partial charge in [0, 0.05) is 18.1 Å². The van der Waals surface area contributed by atoms with Gasteiger partial charge in [0.25, 0.3) is 5.91 Å². The van der Waals surface area contributed by atoms with Crippen LogP contribution in [0.4, 0.5) is 5.69 Å². The number of carbonyl (C=O) groups is 2. The quantitative estimate of drug-likeness (QED) is 0.571. The summed E-state index contributed by atoms with van der Waals surface area (Å²) < 4.78 is 10.5. The van der Waals surface area contributed by atoms with Crippen LogP contribution in [-0.2, 0) is 4.79 Å². The molecule has 2 amide bonds. The fourth-order valence-corrected chi connectivity index (χ4v) is 3.03. The smallest absolute Gasteiger partial charge is 0.251 e. The summed E-state index contributed by atoms with van der Waals surface area (Å²) in [6.45, 7) is 7.88. The van der Waals surface area contributed by atoms with Gasteiger partial charge in [-0.25, -0.2) is 0 Å². The Labute approximate surface area is 181 Å². The second-order valence-corrected chi connectivity index (χ2v) is 7.32. The first-order valence-electron chi connectivity index (χ1n) is 10.1. The Morgan fingerprint density at radius 1 is 1.10 bits per heavy atom. The van der Waals surface area contributed by atoms with Crippen LogP contribution in [0, 0.1) is 12.8 Å². The molecule has 1 atom stereocenters. The van der Waals surface area contributed by atoms with Crippen LogP contribution in [0.3, 0.4) is 0 Å². The lowest BCUT2D eigenvalue weighted by Gasteiger charge is -2.22. The summed E-state index contributed by atoms with van der Waals surface area (Å²) in [7, 11) is 0. The van der Waals surface area contributed by atoms with Gasteiger partial charge in [0.2, 0.25) is 17.6 Å². The number of rotatable bonds is 8. The van der Waals surface area contributed by atoms with Crippen molar-refractivity contribution < 1.29 is 18.8 Å². The van der Waals surface area contributed by atoms with Crippen molar-refractivity contribution in [3.8, 4) is 17.1 Å². The van der Waals surface area contributed by atoms with Crippen LogP contribution >= 0.6 is 0 Å². The van der Waals surface area contributed by atoms with Crippen molar-refractivity contribution in [2.75, 3.05) is 11.9 Å². The van der Waals surface area contributed by atoms with E-state index in [4.69, 9.17) is 9.26 Å². The van der Waals surface area contributed by atoms with E-state index in [-0.39, 0.29) is 17.7 Å². The highest BCUT2D eigenvalue weighted by Gasteiger charge is 2.26. The molecule has 1 aromatic heterocycles. The predicted molar refractivity (Wildman–Crippen MR) is 117 cm³/mol. The number of anilines is 1. The van der Waals surface area contributed by atoms with Gasteiger partial charge in [-0.15, -0.1) is 0 Å². The summed E-state index contributed by atoms with van der Waals surface area (Å²) in [5, 5.41) is 9.64. The zero-order chi connectivity index (χ0) is 22.4. The second-order valence-electron chi connectivity index (χ2n) is 7.32. The summed E-state index contributed by atoms with van der Waals surface area (Å²) in [4.78, 5) is 30.0. The molecule has 0 spiro atoms. The Bertz CT molecular complexity index is 1040. The van der Waals surface area contributed by atoms with Crippen LogP contribution in [0.5, 0.6) is 5.75 Å². The maximum atomic E-state index is 13.0. The number of hydrogen-bond acceptors (Lipinski definition) is 6.